The van der Waals surface area contributed by atoms with Gasteiger partial charge in [0.1, 0.15) is 18.2 Å². The third kappa shape index (κ3) is 3.31. The molecule has 1 atom stereocenters. The second kappa shape index (κ2) is 5.83. The average molecular weight is 265 g/mol. The molecule has 1 aliphatic heterocycles. The summed E-state index contributed by atoms with van der Waals surface area (Å²) in [5, 5.41) is 3.15. The highest BCUT2D eigenvalue weighted by Crippen LogP contribution is 2.19. The maximum absolute atomic E-state index is 11.5. The van der Waals surface area contributed by atoms with Crippen molar-refractivity contribution in [1.82, 2.24) is 15.3 Å². The van der Waals surface area contributed by atoms with Gasteiger partial charge in [-0.3, -0.25) is 4.79 Å². The van der Waals surface area contributed by atoms with E-state index in [9.17, 15) is 4.79 Å². The molecular formula is C12H19N5O2. The van der Waals surface area contributed by atoms with Crippen molar-refractivity contribution in [2.24, 2.45) is 5.73 Å². The molecule has 1 aromatic rings. The largest absolute Gasteiger partial charge is 0.475 e. The van der Waals surface area contributed by atoms with Gasteiger partial charge in [0.15, 0.2) is 0 Å². The first-order valence-electron chi connectivity index (χ1n) is 6.33. The Morgan fingerprint density at radius 1 is 1.58 bits per heavy atom. The maximum Gasteiger partial charge on any atom is 0.241 e. The van der Waals surface area contributed by atoms with Gasteiger partial charge in [-0.15, -0.1) is 0 Å². The van der Waals surface area contributed by atoms with E-state index in [0.717, 1.165) is 6.54 Å². The summed E-state index contributed by atoms with van der Waals surface area (Å²) in [4.78, 5) is 21.6. The van der Waals surface area contributed by atoms with Crippen LogP contribution in [0.5, 0.6) is 5.88 Å². The fraction of sp³-hybridized carbons (Fsp3) is 0.583. The number of nitrogens with zero attached hydrogens (tertiary/aromatic N) is 3. The summed E-state index contributed by atoms with van der Waals surface area (Å²) >= 11 is 0. The second-order valence-electron chi connectivity index (χ2n) is 4.70. The normalized spacial score (nSPS) is 19.5. The van der Waals surface area contributed by atoms with Crippen LogP contribution >= 0.6 is 0 Å². The number of nitrogens with one attached hydrogen (secondary N) is 1. The monoisotopic (exact) mass is 265 g/mol. The van der Waals surface area contributed by atoms with Crippen molar-refractivity contribution < 1.29 is 9.53 Å². The first-order chi connectivity index (χ1) is 9.08. The lowest BCUT2D eigenvalue weighted by Crippen LogP contribution is -2.57. The highest BCUT2D eigenvalue weighted by atomic mass is 16.5. The fourth-order valence-electron chi connectivity index (χ4n) is 2.03. The lowest BCUT2D eigenvalue weighted by atomic mass is 10.2. The van der Waals surface area contributed by atoms with Gasteiger partial charge in [0, 0.05) is 25.7 Å². The van der Waals surface area contributed by atoms with E-state index in [0.29, 0.717) is 24.8 Å². The summed E-state index contributed by atoms with van der Waals surface area (Å²) in [5.74, 6) is 0.801. The molecule has 0 spiro atoms. The standard InChI is InChI=1S/C12H19N5O2/c1-8(2)19-11-5-10(15-7-16-11)17-4-3-14-6-9(17)12(13)18/h5,7-9,14H,3-4,6H2,1-2H3,(H2,13,18). The predicted molar refractivity (Wildman–Crippen MR) is 71.0 cm³/mol. The highest BCUT2D eigenvalue weighted by Gasteiger charge is 2.28. The Balaban J connectivity index is 2.21. The summed E-state index contributed by atoms with van der Waals surface area (Å²) in [6, 6.07) is 1.34. The number of hydrogen-bond acceptors (Lipinski definition) is 6. The van der Waals surface area contributed by atoms with E-state index in [1.807, 2.05) is 18.7 Å². The third-order valence-corrected chi connectivity index (χ3v) is 2.85. The van der Waals surface area contributed by atoms with Crippen molar-refractivity contribution in [1.29, 1.82) is 0 Å². The lowest BCUT2D eigenvalue weighted by Gasteiger charge is -2.35. The van der Waals surface area contributed by atoms with Gasteiger partial charge in [0.2, 0.25) is 11.8 Å². The van der Waals surface area contributed by atoms with Gasteiger partial charge in [0.25, 0.3) is 0 Å². The molecule has 7 nitrogen and oxygen atoms in total. The van der Waals surface area contributed by atoms with Crippen LogP contribution in [0.25, 0.3) is 0 Å². The zero-order chi connectivity index (χ0) is 13.8. The van der Waals surface area contributed by atoms with Crippen molar-refractivity contribution in [3.8, 4) is 5.88 Å². The van der Waals surface area contributed by atoms with E-state index in [2.05, 4.69) is 15.3 Å². The van der Waals surface area contributed by atoms with Crippen LogP contribution in [0.15, 0.2) is 12.4 Å². The first-order valence-corrected chi connectivity index (χ1v) is 6.33. The van der Waals surface area contributed by atoms with Crippen molar-refractivity contribution in [3.63, 3.8) is 0 Å². The van der Waals surface area contributed by atoms with E-state index in [4.69, 9.17) is 10.5 Å². The number of ether oxygens (including phenoxy) is 1. The Morgan fingerprint density at radius 2 is 2.37 bits per heavy atom. The Labute approximate surface area is 112 Å². The molecule has 0 aliphatic carbocycles. The molecule has 19 heavy (non-hydrogen) atoms. The molecule has 1 fully saturated rings. The lowest BCUT2D eigenvalue weighted by molar-refractivity contribution is -0.119. The predicted octanol–water partition coefficient (Wildman–Crippen LogP) is -0.473. The summed E-state index contributed by atoms with van der Waals surface area (Å²) in [6.45, 7) is 5.84. The van der Waals surface area contributed by atoms with Crippen LogP contribution in [0.4, 0.5) is 5.82 Å². The van der Waals surface area contributed by atoms with Crippen LogP contribution in [-0.4, -0.2) is 47.7 Å². The number of carbonyl (C=O) groups is 1. The van der Waals surface area contributed by atoms with Gasteiger partial charge in [-0.2, -0.15) is 0 Å². The number of anilines is 1. The number of carbonyl (C=O) groups excluding carboxylic acids is 1. The van der Waals surface area contributed by atoms with Crippen LogP contribution in [0.2, 0.25) is 0 Å². The quantitative estimate of drug-likeness (QED) is 0.764. The van der Waals surface area contributed by atoms with Gasteiger partial charge < -0.3 is 20.7 Å². The minimum atomic E-state index is -0.393. The molecule has 7 heteroatoms. The van der Waals surface area contributed by atoms with Crippen LogP contribution < -0.4 is 20.7 Å². The Hall–Kier alpha value is -1.89. The molecule has 1 aromatic heterocycles. The van der Waals surface area contributed by atoms with Crippen LogP contribution in [0.3, 0.4) is 0 Å². The molecule has 2 heterocycles. The van der Waals surface area contributed by atoms with Crippen molar-refractivity contribution in [3.05, 3.63) is 12.4 Å². The number of nitrogens with two attached hydrogens (primary N) is 1. The van der Waals surface area contributed by atoms with Crippen molar-refractivity contribution in [2.75, 3.05) is 24.5 Å². The number of rotatable bonds is 4. The van der Waals surface area contributed by atoms with Crippen LogP contribution in [0, 0.1) is 0 Å². The molecule has 0 saturated carbocycles. The number of amides is 1. The molecule has 3 N–H and O–H groups in total. The zero-order valence-corrected chi connectivity index (χ0v) is 11.2. The minimum absolute atomic E-state index is 0.0395. The summed E-state index contributed by atoms with van der Waals surface area (Å²) in [5.41, 5.74) is 5.42. The van der Waals surface area contributed by atoms with E-state index in [1.165, 1.54) is 6.33 Å². The number of primary amides is 1. The average Bonchev–Trinajstić information content (AvgIpc) is 2.38. The molecule has 2 rings (SSSR count). The second-order valence-corrected chi connectivity index (χ2v) is 4.70. The smallest absolute Gasteiger partial charge is 0.241 e. The molecule has 0 aromatic carbocycles. The molecule has 1 aliphatic rings. The highest BCUT2D eigenvalue weighted by molar-refractivity contribution is 5.83. The SMILES string of the molecule is CC(C)Oc1cc(N2CCNCC2C(N)=O)ncn1. The summed E-state index contributed by atoms with van der Waals surface area (Å²) in [7, 11) is 0. The van der Waals surface area contributed by atoms with Gasteiger partial charge in [-0.05, 0) is 13.8 Å². The third-order valence-electron chi connectivity index (χ3n) is 2.85. The number of piperazine rings is 1. The summed E-state index contributed by atoms with van der Waals surface area (Å²) < 4.78 is 5.53. The maximum atomic E-state index is 11.5. The molecule has 104 valence electrons. The molecule has 1 amide bonds. The van der Waals surface area contributed by atoms with E-state index in [1.54, 1.807) is 6.07 Å². The Morgan fingerprint density at radius 3 is 3.05 bits per heavy atom. The Kier molecular flexibility index (Phi) is 4.16. The first kappa shape index (κ1) is 13.5. The zero-order valence-electron chi connectivity index (χ0n) is 11.2. The Bertz CT molecular complexity index is 452. The van der Waals surface area contributed by atoms with E-state index < -0.39 is 6.04 Å². The van der Waals surface area contributed by atoms with Gasteiger partial charge in [-0.1, -0.05) is 0 Å². The van der Waals surface area contributed by atoms with Gasteiger partial charge in [0.05, 0.1) is 6.10 Å². The van der Waals surface area contributed by atoms with Crippen LogP contribution in [0.1, 0.15) is 13.8 Å². The van der Waals surface area contributed by atoms with E-state index >= 15 is 0 Å². The molecule has 1 saturated heterocycles. The molecule has 0 radical (unpaired) electrons. The van der Waals surface area contributed by atoms with Crippen molar-refractivity contribution >= 4 is 11.7 Å². The van der Waals surface area contributed by atoms with Gasteiger partial charge in [-0.25, -0.2) is 9.97 Å². The molecule has 0 bridgehead atoms. The van der Waals surface area contributed by atoms with Crippen LogP contribution in [-0.2, 0) is 4.79 Å². The minimum Gasteiger partial charge on any atom is -0.475 e. The number of aromatic nitrogens is 2. The molecular weight excluding hydrogens is 246 g/mol. The van der Waals surface area contributed by atoms with Gasteiger partial charge >= 0.3 is 0 Å². The van der Waals surface area contributed by atoms with Crippen molar-refractivity contribution in [2.45, 2.75) is 26.0 Å². The molecule has 1 unspecified atom stereocenters. The summed E-state index contributed by atoms with van der Waals surface area (Å²) in [6.07, 6.45) is 1.48. The number of hydrogen-bond donors (Lipinski definition) is 2. The fourth-order valence-corrected chi connectivity index (χ4v) is 2.03. The topological polar surface area (TPSA) is 93.4 Å². The van der Waals surface area contributed by atoms with E-state index in [-0.39, 0.29) is 12.0 Å².